The monoisotopic (exact) mass is 592 g/mol. The smallest absolute Gasteiger partial charge is 0.00919 e. The molecule has 0 spiro atoms. The van der Waals surface area contributed by atoms with Crippen molar-refractivity contribution in [3.8, 4) is 0 Å². The van der Waals surface area contributed by atoms with Gasteiger partial charge in [-0.15, -0.1) is 0 Å². The molecule has 0 saturated heterocycles. The molecule has 0 amide bonds. The Labute approximate surface area is 273 Å². The first kappa shape index (κ1) is 30.3. The zero-order valence-corrected chi connectivity index (χ0v) is 28.3. The van der Waals surface area contributed by atoms with Gasteiger partial charge in [0.15, 0.2) is 0 Å². The van der Waals surface area contributed by atoms with Gasteiger partial charge in [0, 0.05) is 0 Å². The molecule has 0 nitrogen and oxygen atoms in total. The zero-order valence-electron chi connectivity index (χ0n) is 28.3. The summed E-state index contributed by atoms with van der Waals surface area (Å²) in [5, 5.41) is 0. The molecule has 0 heterocycles. The summed E-state index contributed by atoms with van der Waals surface area (Å²) in [6, 6.07) is 34.2. The molecule has 7 rings (SSSR count). The Morgan fingerprint density at radius 1 is 0.489 bits per heavy atom. The van der Waals surface area contributed by atoms with Crippen LogP contribution in [0.5, 0.6) is 0 Å². The highest BCUT2D eigenvalue weighted by Gasteiger charge is 2.54. The molecule has 3 aromatic carbocycles. The number of benzene rings is 3. The van der Waals surface area contributed by atoms with Crippen LogP contribution in [-0.4, -0.2) is 0 Å². The van der Waals surface area contributed by atoms with Gasteiger partial charge in [0.05, 0.1) is 0 Å². The van der Waals surface area contributed by atoms with Gasteiger partial charge in [-0.25, -0.2) is 0 Å². The summed E-state index contributed by atoms with van der Waals surface area (Å²) in [7, 11) is 0. The average molecular weight is 593 g/mol. The highest BCUT2D eigenvalue weighted by molar-refractivity contribution is 5.84. The van der Waals surface area contributed by atoms with Crippen molar-refractivity contribution in [1.82, 2.24) is 0 Å². The molecule has 4 aliphatic carbocycles. The van der Waals surface area contributed by atoms with E-state index in [1.54, 1.807) is 5.56 Å². The van der Waals surface area contributed by atoms with Gasteiger partial charge in [0.1, 0.15) is 0 Å². The molecule has 2 fully saturated rings. The molecule has 4 aliphatic rings. The molecule has 0 heteroatoms. The lowest BCUT2D eigenvalue weighted by Gasteiger charge is -2.39. The van der Waals surface area contributed by atoms with Gasteiger partial charge in [0.2, 0.25) is 0 Å². The van der Waals surface area contributed by atoms with Crippen LogP contribution < -0.4 is 0 Å². The molecule has 5 atom stereocenters. The Morgan fingerprint density at radius 3 is 1.29 bits per heavy atom. The molecule has 232 valence electrons. The molecule has 0 radical (unpaired) electrons. The Hall–Kier alpha value is -3.38. The van der Waals surface area contributed by atoms with Crippen molar-refractivity contribution in [2.24, 2.45) is 46.3 Å². The predicted molar refractivity (Wildman–Crippen MR) is 193 cm³/mol. The van der Waals surface area contributed by atoms with E-state index in [9.17, 15) is 0 Å². The van der Waals surface area contributed by atoms with Gasteiger partial charge in [-0.2, -0.15) is 0 Å². The van der Waals surface area contributed by atoms with E-state index < -0.39 is 0 Å². The summed E-state index contributed by atoms with van der Waals surface area (Å²) in [5.74, 6) is 3.86. The van der Waals surface area contributed by atoms with Crippen LogP contribution in [0.3, 0.4) is 0 Å². The Bertz CT molecular complexity index is 1520. The Balaban J connectivity index is 1.47. The van der Waals surface area contributed by atoms with E-state index in [2.05, 4.69) is 157 Å². The van der Waals surface area contributed by atoms with E-state index in [1.807, 2.05) is 0 Å². The van der Waals surface area contributed by atoms with Crippen LogP contribution in [0.2, 0.25) is 0 Å². The maximum Gasteiger partial charge on any atom is -0.00919 e. The first-order valence-corrected chi connectivity index (χ1v) is 17.7. The fourth-order valence-electron chi connectivity index (χ4n) is 9.63. The minimum atomic E-state index is 0.0702. The third-order valence-corrected chi connectivity index (χ3v) is 11.5. The van der Waals surface area contributed by atoms with Crippen molar-refractivity contribution in [3.05, 3.63) is 143 Å². The summed E-state index contributed by atoms with van der Waals surface area (Å²) in [6.45, 7) is 14.5. The van der Waals surface area contributed by atoms with Crippen LogP contribution in [0.1, 0.15) is 89.8 Å². The van der Waals surface area contributed by atoms with Crippen LogP contribution in [0, 0.1) is 46.3 Å². The van der Waals surface area contributed by atoms with Crippen molar-refractivity contribution in [1.29, 1.82) is 0 Å². The van der Waals surface area contributed by atoms with E-state index in [4.69, 9.17) is 0 Å². The molecule has 0 aromatic heterocycles. The van der Waals surface area contributed by atoms with Crippen LogP contribution >= 0.6 is 0 Å². The van der Waals surface area contributed by atoms with Crippen LogP contribution in [0.15, 0.2) is 126 Å². The maximum absolute atomic E-state index is 2.77. The number of rotatable bonds is 5. The van der Waals surface area contributed by atoms with Gasteiger partial charge in [0.25, 0.3) is 0 Å². The zero-order chi connectivity index (χ0) is 31.3. The highest BCUT2D eigenvalue weighted by Crippen LogP contribution is 2.63. The highest BCUT2D eigenvalue weighted by atomic mass is 14.6. The molecule has 0 N–H and O–H groups in total. The Morgan fingerprint density at radius 2 is 0.889 bits per heavy atom. The van der Waals surface area contributed by atoms with Gasteiger partial charge in [-0.05, 0) is 104 Å². The SMILES string of the molecule is CC(C)(C)C1=CC2C3C=C(C(C)(C)C)C(c4ccccc4)=CC3C(C(c3ccccc3)C3CCCC3)C2C=C1c1ccccc1. The summed E-state index contributed by atoms with van der Waals surface area (Å²) in [5.41, 5.74) is 10.4. The Kier molecular flexibility index (Phi) is 7.92. The van der Waals surface area contributed by atoms with E-state index in [-0.39, 0.29) is 10.8 Å². The van der Waals surface area contributed by atoms with Crippen molar-refractivity contribution >= 4 is 11.1 Å². The summed E-state index contributed by atoms with van der Waals surface area (Å²) >= 11 is 0. The van der Waals surface area contributed by atoms with Crippen LogP contribution in [0.4, 0.5) is 0 Å². The van der Waals surface area contributed by atoms with E-state index in [1.165, 1.54) is 59.1 Å². The fraction of sp³-hybridized carbons (Fsp3) is 0.422. The van der Waals surface area contributed by atoms with Crippen molar-refractivity contribution < 1.29 is 0 Å². The number of hydrogen-bond acceptors (Lipinski definition) is 0. The topological polar surface area (TPSA) is 0 Å². The molecule has 3 aromatic rings. The van der Waals surface area contributed by atoms with Crippen LogP contribution in [0.25, 0.3) is 11.1 Å². The summed E-state index contributed by atoms with van der Waals surface area (Å²) in [4.78, 5) is 0. The first-order chi connectivity index (χ1) is 21.6. The van der Waals surface area contributed by atoms with Crippen molar-refractivity contribution in [2.45, 2.75) is 73.1 Å². The minimum Gasteiger partial charge on any atom is -0.0758 e. The molecule has 2 saturated carbocycles. The third kappa shape index (κ3) is 5.64. The lowest BCUT2D eigenvalue weighted by atomic mass is 9.65. The molecular weight excluding hydrogens is 540 g/mol. The third-order valence-electron chi connectivity index (χ3n) is 11.5. The average Bonchev–Trinajstić information content (AvgIpc) is 3.67. The molecule has 5 unspecified atom stereocenters. The van der Waals surface area contributed by atoms with Crippen LogP contribution in [-0.2, 0) is 0 Å². The number of fused-ring (bicyclic) bond motifs is 3. The predicted octanol–water partition coefficient (Wildman–Crippen LogP) is 12.2. The van der Waals surface area contributed by atoms with Crippen molar-refractivity contribution in [2.75, 3.05) is 0 Å². The van der Waals surface area contributed by atoms with E-state index in [0.29, 0.717) is 35.5 Å². The lowest BCUT2D eigenvalue weighted by Crippen LogP contribution is -2.30. The summed E-state index contributed by atoms with van der Waals surface area (Å²) < 4.78 is 0. The van der Waals surface area contributed by atoms with E-state index >= 15 is 0 Å². The quantitative estimate of drug-likeness (QED) is 0.276. The lowest BCUT2D eigenvalue weighted by molar-refractivity contribution is 0.239. The summed E-state index contributed by atoms with van der Waals surface area (Å²) in [6.07, 6.45) is 16.6. The second-order valence-electron chi connectivity index (χ2n) is 16.4. The standard InChI is InChI=1S/C45H52/c1-44(2,3)40-28-36-37-29-41(45(4,5)6)35(31-20-12-8-13-21-31)27-39(37)43(38(36)26-34(40)30-18-10-7-11-19-30)42(33-24-16-17-25-33)32-22-14-9-15-23-32/h7-15,18-23,26-29,33,36-39,42-43H,16-17,24-25H2,1-6H3. The minimum absolute atomic E-state index is 0.0702. The number of allylic oxidation sites excluding steroid dienone is 8. The number of hydrogen-bond donors (Lipinski definition) is 0. The largest absolute Gasteiger partial charge is 0.0758 e. The van der Waals surface area contributed by atoms with Crippen molar-refractivity contribution in [3.63, 3.8) is 0 Å². The second-order valence-corrected chi connectivity index (χ2v) is 16.4. The first-order valence-electron chi connectivity index (χ1n) is 17.7. The molecular formula is C45H52. The normalized spacial score (nSPS) is 27.6. The second kappa shape index (κ2) is 11.8. The van der Waals surface area contributed by atoms with Gasteiger partial charge < -0.3 is 0 Å². The van der Waals surface area contributed by atoms with Gasteiger partial charge >= 0.3 is 0 Å². The molecule has 45 heavy (non-hydrogen) atoms. The fourth-order valence-corrected chi connectivity index (χ4v) is 9.63. The van der Waals surface area contributed by atoms with Gasteiger partial charge in [-0.1, -0.05) is 170 Å². The maximum atomic E-state index is 2.77. The van der Waals surface area contributed by atoms with E-state index in [0.717, 1.165) is 5.92 Å². The van der Waals surface area contributed by atoms with Gasteiger partial charge in [-0.3, -0.25) is 0 Å². The molecule has 0 aliphatic heterocycles. The molecule has 0 bridgehead atoms.